The third-order valence-electron chi connectivity index (χ3n) is 4.49. The molecule has 1 saturated heterocycles. The van der Waals surface area contributed by atoms with E-state index >= 15 is 0 Å². The Balaban J connectivity index is 1.79. The van der Waals surface area contributed by atoms with Crippen molar-refractivity contribution in [1.82, 2.24) is 10.3 Å². The molecule has 2 aliphatic rings. The molecule has 0 aromatic heterocycles. The van der Waals surface area contributed by atoms with Crippen LogP contribution in [0, 0.1) is 6.92 Å². The maximum atomic E-state index is 4.34. The quantitative estimate of drug-likeness (QED) is 0.930. The fraction of sp³-hybridized carbons (Fsp3) is 0.389. The van der Waals surface area contributed by atoms with Gasteiger partial charge < -0.3 is 9.80 Å². The number of benzene rings is 1. The minimum Gasteiger partial charge on any atom is -0.370 e. The predicted octanol–water partition coefficient (Wildman–Crippen LogP) is 2.51. The van der Waals surface area contributed by atoms with E-state index in [1.54, 1.807) is 0 Å². The molecule has 1 aromatic rings. The number of hydrazone groups is 1. The molecule has 116 valence electrons. The molecular formula is C18H24N4. The van der Waals surface area contributed by atoms with Crippen molar-refractivity contribution in [3.63, 3.8) is 0 Å². The maximum absolute atomic E-state index is 4.34. The SMILES string of the molecule is C=C1C=CC(c2ccc(N3CC[C@H](N(C)C)C3)c(C)c2)=NN1. The molecule has 22 heavy (non-hydrogen) atoms. The zero-order valence-corrected chi connectivity index (χ0v) is 13.6. The molecule has 4 nitrogen and oxygen atoms in total. The number of allylic oxidation sites excluding steroid dienone is 2. The highest BCUT2D eigenvalue weighted by molar-refractivity contribution is 6.09. The lowest BCUT2D eigenvalue weighted by Gasteiger charge is -2.23. The molecule has 0 amide bonds. The Morgan fingerprint density at radius 2 is 2.14 bits per heavy atom. The first kappa shape index (κ1) is 14.9. The Kier molecular flexibility index (Phi) is 4.03. The van der Waals surface area contributed by atoms with Gasteiger partial charge in [-0.2, -0.15) is 5.10 Å². The van der Waals surface area contributed by atoms with Crippen molar-refractivity contribution in [3.05, 3.63) is 53.8 Å². The average molecular weight is 296 g/mol. The smallest absolute Gasteiger partial charge is 0.0906 e. The lowest BCUT2D eigenvalue weighted by molar-refractivity contribution is 0.315. The van der Waals surface area contributed by atoms with Gasteiger partial charge in [-0.25, -0.2) is 0 Å². The van der Waals surface area contributed by atoms with Gasteiger partial charge in [-0.1, -0.05) is 12.6 Å². The van der Waals surface area contributed by atoms with E-state index in [0.29, 0.717) is 6.04 Å². The second-order valence-electron chi connectivity index (χ2n) is 6.32. The van der Waals surface area contributed by atoms with E-state index in [9.17, 15) is 0 Å². The summed E-state index contributed by atoms with van der Waals surface area (Å²) in [5, 5.41) is 4.34. The number of aryl methyl sites for hydroxylation is 1. The Morgan fingerprint density at radius 3 is 2.73 bits per heavy atom. The highest BCUT2D eigenvalue weighted by Gasteiger charge is 2.25. The van der Waals surface area contributed by atoms with E-state index in [1.165, 1.54) is 17.7 Å². The van der Waals surface area contributed by atoms with Crippen molar-refractivity contribution in [1.29, 1.82) is 0 Å². The second kappa shape index (κ2) is 5.97. The van der Waals surface area contributed by atoms with Crippen molar-refractivity contribution in [2.75, 3.05) is 32.1 Å². The molecule has 1 fully saturated rings. The van der Waals surface area contributed by atoms with Crippen LogP contribution in [-0.4, -0.2) is 43.8 Å². The van der Waals surface area contributed by atoms with Gasteiger partial charge in [0.2, 0.25) is 0 Å². The van der Waals surface area contributed by atoms with Gasteiger partial charge in [0, 0.05) is 36.1 Å². The van der Waals surface area contributed by atoms with Crippen molar-refractivity contribution in [2.24, 2.45) is 5.10 Å². The van der Waals surface area contributed by atoms with E-state index in [4.69, 9.17) is 0 Å². The molecule has 1 aromatic carbocycles. The van der Waals surface area contributed by atoms with Gasteiger partial charge >= 0.3 is 0 Å². The summed E-state index contributed by atoms with van der Waals surface area (Å²) < 4.78 is 0. The molecule has 0 radical (unpaired) electrons. The standard InChI is InChI=1S/C18H24N4/c1-13-11-15(17-7-5-14(2)19-20-17)6-8-18(13)22-10-9-16(12-22)21(3)4/h5-8,11,16,19H,2,9-10,12H2,1,3-4H3/t16-/m0/s1. The van der Waals surface area contributed by atoms with Crippen molar-refractivity contribution >= 4 is 11.4 Å². The van der Waals surface area contributed by atoms with Crippen molar-refractivity contribution in [3.8, 4) is 0 Å². The third-order valence-corrected chi connectivity index (χ3v) is 4.49. The largest absolute Gasteiger partial charge is 0.370 e. The molecule has 3 rings (SSSR count). The van der Waals surface area contributed by atoms with Gasteiger partial charge in [0.15, 0.2) is 0 Å². The van der Waals surface area contributed by atoms with Crippen LogP contribution in [0.3, 0.4) is 0 Å². The fourth-order valence-corrected chi connectivity index (χ4v) is 3.10. The molecule has 0 spiro atoms. The Labute approximate surface area is 132 Å². The monoisotopic (exact) mass is 296 g/mol. The minimum atomic E-state index is 0.653. The van der Waals surface area contributed by atoms with Gasteiger partial charge in [-0.05, 0) is 57.3 Å². The van der Waals surface area contributed by atoms with Crippen molar-refractivity contribution < 1.29 is 0 Å². The summed E-state index contributed by atoms with van der Waals surface area (Å²) in [4.78, 5) is 4.81. The normalized spacial score (nSPS) is 21.3. The van der Waals surface area contributed by atoms with Crippen molar-refractivity contribution in [2.45, 2.75) is 19.4 Å². The second-order valence-corrected chi connectivity index (χ2v) is 6.32. The zero-order chi connectivity index (χ0) is 15.7. The Bertz CT molecular complexity index is 642. The topological polar surface area (TPSA) is 30.9 Å². The van der Waals surface area contributed by atoms with Crippen LogP contribution in [0.1, 0.15) is 17.5 Å². The van der Waals surface area contributed by atoms with Gasteiger partial charge in [0.25, 0.3) is 0 Å². The molecule has 1 N–H and O–H groups in total. The molecule has 2 heterocycles. The first-order valence-corrected chi connectivity index (χ1v) is 7.77. The molecular weight excluding hydrogens is 272 g/mol. The number of hydrogen-bond donors (Lipinski definition) is 1. The predicted molar refractivity (Wildman–Crippen MR) is 93.4 cm³/mol. The first-order valence-electron chi connectivity index (χ1n) is 7.77. The first-order chi connectivity index (χ1) is 10.5. The molecule has 0 bridgehead atoms. The number of nitrogens with zero attached hydrogens (tertiary/aromatic N) is 3. The lowest BCUT2D eigenvalue weighted by Crippen LogP contribution is -2.31. The highest BCUT2D eigenvalue weighted by Crippen LogP contribution is 2.27. The van der Waals surface area contributed by atoms with Crippen LogP contribution in [0.4, 0.5) is 5.69 Å². The molecule has 4 heteroatoms. The summed E-state index contributed by atoms with van der Waals surface area (Å²) >= 11 is 0. The van der Waals surface area contributed by atoms with Crippen LogP contribution in [0.25, 0.3) is 0 Å². The van der Waals surface area contributed by atoms with E-state index in [2.05, 4.69) is 66.1 Å². The van der Waals surface area contributed by atoms with Gasteiger partial charge in [-0.15, -0.1) is 0 Å². The Morgan fingerprint density at radius 1 is 1.32 bits per heavy atom. The summed E-state index contributed by atoms with van der Waals surface area (Å²) in [5.74, 6) is 0. The maximum Gasteiger partial charge on any atom is 0.0906 e. The summed E-state index contributed by atoms with van der Waals surface area (Å²) in [7, 11) is 4.33. The molecule has 2 aliphatic heterocycles. The van der Waals surface area contributed by atoms with Crippen LogP contribution in [0.2, 0.25) is 0 Å². The third kappa shape index (κ3) is 2.92. The fourth-order valence-electron chi connectivity index (χ4n) is 3.10. The van der Waals surface area contributed by atoms with E-state index in [1.807, 2.05) is 12.2 Å². The van der Waals surface area contributed by atoms with E-state index in [0.717, 1.165) is 30.1 Å². The lowest BCUT2D eigenvalue weighted by atomic mass is 10.0. The number of likely N-dealkylation sites (N-methyl/N-ethyl adjacent to an activating group) is 1. The molecule has 1 atom stereocenters. The van der Waals surface area contributed by atoms with Gasteiger partial charge in [0.05, 0.1) is 5.71 Å². The summed E-state index contributed by atoms with van der Waals surface area (Å²) in [6.45, 7) is 8.25. The van der Waals surface area contributed by atoms with E-state index < -0.39 is 0 Å². The summed E-state index contributed by atoms with van der Waals surface area (Å²) in [6, 6.07) is 7.25. The summed E-state index contributed by atoms with van der Waals surface area (Å²) in [5.41, 5.74) is 8.49. The van der Waals surface area contributed by atoms with Gasteiger partial charge in [0.1, 0.15) is 0 Å². The number of hydrogen-bond acceptors (Lipinski definition) is 4. The number of rotatable bonds is 3. The van der Waals surface area contributed by atoms with Gasteiger partial charge in [-0.3, -0.25) is 5.43 Å². The molecule has 0 saturated carbocycles. The van der Waals surface area contributed by atoms with Crippen LogP contribution >= 0.6 is 0 Å². The highest BCUT2D eigenvalue weighted by atomic mass is 15.3. The zero-order valence-electron chi connectivity index (χ0n) is 13.6. The van der Waals surface area contributed by atoms with E-state index in [-0.39, 0.29) is 0 Å². The Hall–Kier alpha value is -2.07. The van der Waals surface area contributed by atoms with Crippen LogP contribution in [0.5, 0.6) is 0 Å². The van der Waals surface area contributed by atoms with Crippen LogP contribution in [0.15, 0.2) is 47.7 Å². The average Bonchev–Trinajstić information content (AvgIpc) is 2.98. The number of anilines is 1. The molecule has 0 unspecified atom stereocenters. The minimum absolute atomic E-state index is 0.653. The van der Waals surface area contributed by atoms with Crippen LogP contribution in [-0.2, 0) is 0 Å². The number of nitrogens with one attached hydrogen (secondary N) is 1. The molecule has 0 aliphatic carbocycles. The summed E-state index contributed by atoms with van der Waals surface area (Å²) in [6.07, 6.45) is 5.19. The van der Waals surface area contributed by atoms with Crippen LogP contribution < -0.4 is 10.3 Å².